The minimum absolute atomic E-state index is 0.140. The first-order valence-electron chi connectivity index (χ1n) is 6.37. The van der Waals surface area contributed by atoms with Gasteiger partial charge in [0.05, 0.1) is 0 Å². The van der Waals surface area contributed by atoms with Crippen LogP contribution in [-0.4, -0.2) is 10.9 Å². The van der Waals surface area contributed by atoms with Gasteiger partial charge in [-0.3, -0.25) is 4.79 Å². The monoisotopic (exact) mass is 284 g/mol. The van der Waals surface area contributed by atoms with Gasteiger partial charge < -0.3 is 4.74 Å². The van der Waals surface area contributed by atoms with E-state index >= 15 is 0 Å². The average molecular weight is 284 g/mol. The van der Waals surface area contributed by atoms with Crippen LogP contribution in [0.5, 0.6) is 11.5 Å². The first-order valence-corrected chi connectivity index (χ1v) is 7.35. The summed E-state index contributed by atoms with van der Waals surface area (Å²) in [5, 5.41) is 0.140. The Balaban J connectivity index is 1.91. The van der Waals surface area contributed by atoms with E-state index in [-0.39, 0.29) is 5.12 Å². The van der Waals surface area contributed by atoms with Gasteiger partial charge in [0.15, 0.2) is 5.12 Å². The van der Waals surface area contributed by atoms with Crippen molar-refractivity contribution in [1.29, 1.82) is 0 Å². The number of carbonyl (C=O) groups is 1. The quantitative estimate of drug-likeness (QED) is 0.791. The molecule has 0 fully saturated rings. The minimum atomic E-state index is 0.140. The average Bonchev–Trinajstić information content (AvgIpc) is 2.46. The molecule has 0 aromatic heterocycles. The maximum Gasteiger partial charge on any atom is 0.186 e. The number of para-hydroxylation sites is 1. The molecule has 0 aliphatic heterocycles. The van der Waals surface area contributed by atoms with Gasteiger partial charge in [0.25, 0.3) is 0 Å². The molecule has 0 bridgehead atoms. The number of hydrogen-bond acceptors (Lipinski definition) is 3. The molecule has 0 radical (unpaired) electrons. The summed E-state index contributed by atoms with van der Waals surface area (Å²) in [7, 11) is 0. The summed E-state index contributed by atoms with van der Waals surface area (Å²) in [6.45, 7) is 1.58. The zero-order valence-electron chi connectivity index (χ0n) is 11.3. The Morgan fingerprint density at radius 1 is 1.05 bits per heavy atom. The van der Waals surface area contributed by atoms with Gasteiger partial charge in [0, 0.05) is 12.7 Å². The summed E-state index contributed by atoms with van der Waals surface area (Å²) < 4.78 is 5.72. The van der Waals surface area contributed by atoms with Crippen molar-refractivity contribution < 1.29 is 9.53 Å². The standard InChI is InChI=1S/C17H16O2S/c1-14(18)20-13-5-6-15-9-11-17(12-10-15)19-16-7-3-2-4-8-16/h2-12H,13H2,1H3. The third-order valence-corrected chi connectivity index (χ3v) is 3.32. The van der Waals surface area contributed by atoms with E-state index in [2.05, 4.69) is 0 Å². The van der Waals surface area contributed by atoms with E-state index in [9.17, 15) is 4.79 Å². The number of carbonyl (C=O) groups excluding carboxylic acids is 1. The topological polar surface area (TPSA) is 26.3 Å². The highest BCUT2D eigenvalue weighted by atomic mass is 32.2. The Labute approximate surface area is 123 Å². The van der Waals surface area contributed by atoms with Gasteiger partial charge in [-0.1, -0.05) is 54.2 Å². The van der Waals surface area contributed by atoms with E-state index in [4.69, 9.17) is 4.74 Å². The van der Waals surface area contributed by atoms with Crippen LogP contribution in [0.3, 0.4) is 0 Å². The van der Waals surface area contributed by atoms with Crippen LogP contribution in [0.2, 0.25) is 0 Å². The summed E-state index contributed by atoms with van der Waals surface area (Å²) in [6.07, 6.45) is 3.99. The van der Waals surface area contributed by atoms with Gasteiger partial charge >= 0.3 is 0 Å². The van der Waals surface area contributed by atoms with Crippen LogP contribution in [0.1, 0.15) is 12.5 Å². The molecule has 0 saturated carbocycles. The van der Waals surface area contributed by atoms with Crippen molar-refractivity contribution in [1.82, 2.24) is 0 Å². The van der Waals surface area contributed by atoms with Gasteiger partial charge in [-0.25, -0.2) is 0 Å². The molecule has 0 N–H and O–H groups in total. The molecule has 20 heavy (non-hydrogen) atoms. The second-order valence-electron chi connectivity index (χ2n) is 4.19. The number of ether oxygens (including phenoxy) is 1. The first kappa shape index (κ1) is 14.4. The summed E-state index contributed by atoms with van der Waals surface area (Å²) in [4.78, 5) is 10.8. The molecule has 2 rings (SSSR count). The molecule has 0 saturated heterocycles. The molecule has 2 aromatic rings. The zero-order valence-corrected chi connectivity index (χ0v) is 12.1. The Morgan fingerprint density at radius 3 is 2.35 bits per heavy atom. The summed E-state index contributed by atoms with van der Waals surface area (Å²) in [6, 6.07) is 17.5. The lowest BCUT2D eigenvalue weighted by atomic mass is 10.2. The maximum absolute atomic E-state index is 10.8. The molecule has 3 heteroatoms. The number of benzene rings is 2. The number of hydrogen-bond donors (Lipinski definition) is 0. The first-order chi connectivity index (χ1) is 9.74. The lowest BCUT2D eigenvalue weighted by Gasteiger charge is -2.05. The minimum Gasteiger partial charge on any atom is -0.457 e. The van der Waals surface area contributed by atoms with Crippen LogP contribution < -0.4 is 4.74 Å². The maximum atomic E-state index is 10.8. The molecular weight excluding hydrogens is 268 g/mol. The third-order valence-electron chi connectivity index (χ3n) is 2.55. The predicted octanol–water partition coefficient (Wildman–Crippen LogP) is 4.77. The van der Waals surface area contributed by atoms with Crippen molar-refractivity contribution in [3.05, 3.63) is 66.2 Å². The van der Waals surface area contributed by atoms with Gasteiger partial charge in [0.2, 0.25) is 0 Å². The Hall–Kier alpha value is -2.00. The van der Waals surface area contributed by atoms with E-state index in [1.807, 2.05) is 66.7 Å². The van der Waals surface area contributed by atoms with E-state index < -0.39 is 0 Å². The number of thioether (sulfide) groups is 1. The highest BCUT2D eigenvalue weighted by Crippen LogP contribution is 2.21. The molecule has 0 heterocycles. The van der Waals surface area contributed by atoms with Crippen molar-refractivity contribution >= 4 is 23.0 Å². The van der Waals surface area contributed by atoms with Crippen molar-refractivity contribution in [2.24, 2.45) is 0 Å². The van der Waals surface area contributed by atoms with E-state index in [1.165, 1.54) is 11.8 Å². The van der Waals surface area contributed by atoms with Crippen LogP contribution in [-0.2, 0) is 4.79 Å². The zero-order chi connectivity index (χ0) is 14.2. The van der Waals surface area contributed by atoms with Crippen molar-refractivity contribution in [2.45, 2.75) is 6.92 Å². The van der Waals surface area contributed by atoms with Crippen LogP contribution in [0.25, 0.3) is 6.08 Å². The lowest BCUT2D eigenvalue weighted by Crippen LogP contribution is -1.84. The van der Waals surface area contributed by atoms with E-state index in [1.54, 1.807) is 6.92 Å². The van der Waals surface area contributed by atoms with Crippen LogP contribution in [0, 0.1) is 0 Å². The Kier molecular flexibility index (Phi) is 5.44. The van der Waals surface area contributed by atoms with Gasteiger partial charge in [-0.05, 0) is 29.8 Å². The van der Waals surface area contributed by atoms with Crippen molar-refractivity contribution in [3.63, 3.8) is 0 Å². The summed E-state index contributed by atoms with van der Waals surface area (Å²) in [5.41, 5.74) is 1.09. The van der Waals surface area contributed by atoms with Crippen LogP contribution >= 0.6 is 11.8 Å². The fourth-order valence-electron chi connectivity index (χ4n) is 1.62. The Bertz CT molecular complexity index is 574. The van der Waals surface area contributed by atoms with Crippen LogP contribution in [0.15, 0.2) is 60.7 Å². The molecule has 102 valence electrons. The van der Waals surface area contributed by atoms with Crippen molar-refractivity contribution in [2.75, 3.05) is 5.75 Å². The molecule has 0 atom stereocenters. The largest absolute Gasteiger partial charge is 0.457 e. The molecular formula is C17H16O2S. The van der Waals surface area contributed by atoms with Crippen molar-refractivity contribution in [3.8, 4) is 11.5 Å². The molecule has 0 unspecified atom stereocenters. The van der Waals surface area contributed by atoms with Gasteiger partial charge in [-0.2, -0.15) is 0 Å². The summed E-state index contributed by atoms with van der Waals surface area (Å²) >= 11 is 1.31. The number of rotatable bonds is 5. The molecule has 0 aliphatic carbocycles. The molecule has 0 amide bonds. The normalized spacial score (nSPS) is 10.7. The SMILES string of the molecule is CC(=O)SCC=Cc1ccc(Oc2ccccc2)cc1. The highest BCUT2D eigenvalue weighted by Gasteiger charge is 1.96. The van der Waals surface area contributed by atoms with Crippen LogP contribution in [0.4, 0.5) is 0 Å². The van der Waals surface area contributed by atoms with Gasteiger partial charge in [0.1, 0.15) is 11.5 Å². The third kappa shape index (κ3) is 4.94. The highest BCUT2D eigenvalue weighted by molar-refractivity contribution is 8.13. The molecule has 0 spiro atoms. The second kappa shape index (κ2) is 7.56. The fourth-order valence-corrected chi connectivity index (χ4v) is 2.05. The molecule has 2 aromatic carbocycles. The molecule has 2 nitrogen and oxygen atoms in total. The second-order valence-corrected chi connectivity index (χ2v) is 5.39. The Morgan fingerprint density at radius 2 is 1.70 bits per heavy atom. The van der Waals surface area contributed by atoms with E-state index in [0.717, 1.165) is 17.1 Å². The lowest BCUT2D eigenvalue weighted by molar-refractivity contribution is -0.109. The predicted molar refractivity (Wildman–Crippen MR) is 85.1 cm³/mol. The van der Waals surface area contributed by atoms with Gasteiger partial charge in [-0.15, -0.1) is 0 Å². The fraction of sp³-hybridized carbons (Fsp3) is 0.118. The smallest absolute Gasteiger partial charge is 0.186 e. The van der Waals surface area contributed by atoms with E-state index in [0.29, 0.717) is 5.75 Å². The summed E-state index contributed by atoms with van der Waals surface area (Å²) in [5.74, 6) is 2.34. The molecule has 0 aliphatic rings.